The molecule has 0 radical (unpaired) electrons. The van der Waals surface area contributed by atoms with Gasteiger partial charge in [0, 0.05) is 17.9 Å². The Morgan fingerprint density at radius 2 is 2.14 bits per heavy atom. The van der Waals surface area contributed by atoms with Gasteiger partial charge in [0.05, 0.1) is 0 Å². The van der Waals surface area contributed by atoms with E-state index in [2.05, 4.69) is 39.7 Å². The molecule has 0 bridgehead atoms. The Hall–Kier alpha value is 0.400. The lowest BCUT2D eigenvalue weighted by atomic mass is 10.2. The Labute approximate surface area is 96.8 Å². The molecule has 1 aliphatic heterocycles. The number of likely N-dealkylation sites (N-methyl/N-ethyl adjacent to an activating group) is 1. The largest absolute Gasteiger partial charge is 0.305 e. The van der Waals surface area contributed by atoms with Gasteiger partial charge in [-0.2, -0.15) is 0 Å². The summed E-state index contributed by atoms with van der Waals surface area (Å²) in [7, 11) is 2.25. The molecular formula is C11H23BrN2. The summed E-state index contributed by atoms with van der Waals surface area (Å²) in [6, 6.07) is 0.779. The third-order valence-corrected chi connectivity index (χ3v) is 3.63. The summed E-state index contributed by atoms with van der Waals surface area (Å²) in [5, 5.41) is 1.13. The van der Waals surface area contributed by atoms with Gasteiger partial charge in [0.1, 0.15) is 0 Å². The van der Waals surface area contributed by atoms with Crippen LogP contribution in [0.4, 0.5) is 0 Å². The summed E-state index contributed by atoms with van der Waals surface area (Å²) >= 11 is 3.51. The molecule has 0 spiro atoms. The Morgan fingerprint density at radius 3 is 2.79 bits per heavy atom. The molecule has 0 aromatic rings. The SMILES string of the molecule is CCC1CN(C)CCCN1CCCBr. The zero-order chi connectivity index (χ0) is 10.4. The first-order valence-electron chi connectivity index (χ1n) is 5.76. The van der Waals surface area contributed by atoms with Gasteiger partial charge in [0.25, 0.3) is 0 Å². The highest BCUT2D eigenvalue weighted by molar-refractivity contribution is 9.09. The predicted molar refractivity (Wildman–Crippen MR) is 66.2 cm³/mol. The van der Waals surface area contributed by atoms with E-state index in [0.29, 0.717) is 0 Å². The topological polar surface area (TPSA) is 6.48 Å². The quantitative estimate of drug-likeness (QED) is 0.717. The third-order valence-electron chi connectivity index (χ3n) is 3.07. The second-order valence-electron chi connectivity index (χ2n) is 4.26. The van der Waals surface area contributed by atoms with E-state index in [1.165, 1.54) is 45.4 Å². The molecule has 1 fully saturated rings. The van der Waals surface area contributed by atoms with E-state index in [1.54, 1.807) is 0 Å². The Kier molecular flexibility index (Phi) is 6.06. The van der Waals surface area contributed by atoms with Crippen LogP contribution in [0.2, 0.25) is 0 Å². The van der Waals surface area contributed by atoms with Crippen LogP contribution in [0.1, 0.15) is 26.2 Å². The molecule has 0 amide bonds. The lowest BCUT2D eigenvalue weighted by molar-refractivity contribution is 0.184. The van der Waals surface area contributed by atoms with Crippen LogP contribution in [0.5, 0.6) is 0 Å². The summed E-state index contributed by atoms with van der Waals surface area (Å²) in [6.45, 7) is 7.37. The highest BCUT2D eigenvalue weighted by atomic mass is 79.9. The van der Waals surface area contributed by atoms with E-state index in [4.69, 9.17) is 0 Å². The minimum atomic E-state index is 0.779. The van der Waals surface area contributed by atoms with E-state index >= 15 is 0 Å². The molecule has 84 valence electrons. The van der Waals surface area contributed by atoms with Gasteiger partial charge in [0.2, 0.25) is 0 Å². The van der Waals surface area contributed by atoms with Crippen LogP contribution >= 0.6 is 15.9 Å². The zero-order valence-corrected chi connectivity index (χ0v) is 11.1. The van der Waals surface area contributed by atoms with Crippen molar-refractivity contribution < 1.29 is 0 Å². The maximum atomic E-state index is 3.51. The van der Waals surface area contributed by atoms with Crippen molar-refractivity contribution in [3.63, 3.8) is 0 Å². The van der Waals surface area contributed by atoms with Crippen molar-refractivity contribution in [3.05, 3.63) is 0 Å². The second kappa shape index (κ2) is 6.81. The van der Waals surface area contributed by atoms with Gasteiger partial charge in [-0.25, -0.2) is 0 Å². The van der Waals surface area contributed by atoms with Crippen molar-refractivity contribution >= 4 is 15.9 Å². The fraction of sp³-hybridized carbons (Fsp3) is 1.00. The summed E-state index contributed by atoms with van der Waals surface area (Å²) in [6.07, 6.45) is 3.89. The standard InChI is InChI=1S/C11H23BrN2/c1-3-11-10-13(2)7-5-9-14(11)8-4-6-12/h11H,3-10H2,1-2H3. The Balaban J connectivity index is 2.43. The second-order valence-corrected chi connectivity index (χ2v) is 5.05. The molecule has 1 aliphatic rings. The molecule has 0 aliphatic carbocycles. The molecule has 0 N–H and O–H groups in total. The van der Waals surface area contributed by atoms with Crippen molar-refractivity contribution in [3.8, 4) is 0 Å². The molecule has 1 rings (SSSR count). The number of hydrogen-bond donors (Lipinski definition) is 0. The molecule has 0 saturated carbocycles. The zero-order valence-electron chi connectivity index (χ0n) is 9.51. The van der Waals surface area contributed by atoms with E-state index < -0.39 is 0 Å². The smallest absolute Gasteiger partial charge is 0.0220 e. The van der Waals surface area contributed by atoms with Gasteiger partial charge in [-0.1, -0.05) is 22.9 Å². The number of halogens is 1. The maximum Gasteiger partial charge on any atom is 0.0220 e. The number of rotatable bonds is 4. The van der Waals surface area contributed by atoms with Crippen LogP contribution < -0.4 is 0 Å². The fourth-order valence-corrected chi connectivity index (χ4v) is 2.49. The average Bonchev–Trinajstić information content (AvgIpc) is 2.36. The molecule has 0 aromatic carbocycles. The van der Waals surface area contributed by atoms with E-state index in [9.17, 15) is 0 Å². The molecule has 1 atom stereocenters. The first-order valence-corrected chi connectivity index (χ1v) is 6.88. The van der Waals surface area contributed by atoms with Crippen molar-refractivity contribution in [2.45, 2.75) is 32.2 Å². The maximum absolute atomic E-state index is 3.51. The normalized spacial score (nSPS) is 26.4. The lowest BCUT2D eigenvalue weighted by Gasteiger charge is -2.29. The molecular weight excluding hydrogens is 240 g/mol. The minimum Gasteiger partial charge on any atom is -0.305 e. The fourth-order valence-electron chi connectivity index (χ4n) is 2.24. The number of nitrogens with zero attached hydrogens (tertiary/aromatic N) is 2. The summed E-state index contributed by atoms with van der Waals surface area (Å²) in [5.74, 6) is 0. The van der Waals surface area contributed by atoms with Gasteiger partial charge < -0.3 is 4.90 Å². The van der Waals surface area contributed by atoms with E-state index in [0.717, 1.165) is 11.4 Å². The monoisotopic (exact) mass is 262 g/mol. The van der Waals surface area contributed by atoms with Gasteiger partial charge in [-0.3, -0.25) is 4.90 Å². The molecule has 1 unspecified atom stereocenters. The predicted octanol–water partition coefficient (Wildman–Crippen LogP) is 2.19. The summed E-state index contributed by atoms with van der Waals surface area (Å²) in [4.78, 5) is 5.15. The van der Waals surface area contributed by atoms with Crippen LogP contribution in [0.15, 0.2) is 0 Å². The van der Waals surface area contributed by atoms with Crippen LogP contribution in [-0.2, 0) is 0 Å². The first kappa shape index (κ1) is 12.5. The van der Waals surface area contributed by atoms with Crippen LogP contribution in [0, 0.1) is 0 Å². The van der Waals surface area contributed by atoms with Gasteiger partial charge >= 0.3 is 0 Å². The third kappa shape index (κ3) is 3.87. The first-order chi connectivity index (χ1) is 6.77. The van der Waals surface area contributed by atoms with Gasteiger partial charge in [0.15, 0.2) is 0 Å². The highest BCUT2D eigenvalue weighted by Gasteiger charge is 2.20. The highest BCUT2D eigenvalue weighted by Crippen LogP contribution is 2.12. The summed E-state index contributed by atoms with van der Waals surface area (Å²) < 4.78 is 0. The van der Waals surface area contributed by atoms with Gasteiger partial charge in [-0.15, -0.1) is 0 Å². The van der Waals surface area contributed by atoms with Crippen molar-refractivity contribution in [1.29, 1.82) is 0 Å². The average molecular weight is 263 g/mol. The molecule has 0 aromatic heterocycles. The molecule has 3 heteroatoms. The van der Waals surface area contributed by atoms with Crippen LogP contribution in [-0.4, -0.2) is 54.4 Å². The van der Waals surface area contributed by atoms with Gasteiger partial charge in [-0.05, 0) is 45.9 Å². The summed E-state index contributed by atoms with van der Waals surface area (Å²) in [5.41, 5.74) is 0. The molecule has 14 heavy (non-hydrogen) atoms. The van der Waals surface area contributed by atoms with Crippen molar-refractivity contribution in [1.82, 2.24) is 9.80 Å². The Morgan fingerprint density at radius 1 is 1.36 bits per heavy atom. The van der Waals surface area contributed by atoms with E-state index in [-0.39, 0.29) is 0 Å². The minimum absolute atomic E-state index is 0.779. The molecule has 2 nitrogen and oxygen atoms in total. The van der Waals surface area contributed by atoms with Crippen molar-refractivity contribution in [2.75, 3.05) is 38.6 Å². The number of alkyl halides is 1. The van der Waals surface area contributed by atoms with Crippen LogP contribution in [0.3, 0.4) is 0 Å². The molecule has 1 saturated heterocycles. The lowest BCUT2D eigenvalue weighted by Crippen LogP contribution is -2.40. The van der Waals surface area contributed by atoms with Crippen molar-refractivity contribution in [2.24, 2.45) is 0 Å². The molecule has 1 heterocycles. The Bertz CT molecular complexity index is 150. The van der Waals surface area contributed by atoms with E-state index in [1.807, 2.05) is 0 Å². The van der Waals surface area contributed by atoms with Crippen LogP contribution in [0.25, 0.3) is 0 Å². The number of hydrogen-bond acceptors (Lipinski definition) is 2.